The maximum atomic E-state index is 11.3. The Bertz CT molecular complexity index is 363. The monoisotopic (exact) mass is 236 g/mol. The molecule has 0 unspecified atom stereocenters. The lowest BCUT2D eigenvalue weighted by atomic mass is 10.1. The van der Waals surface area contributed by atoms with Crippen LogP contribution in [0.3, 0.4) is 0 Å². The zero-order valence-corrected chi connectivity index (χ0v) is 10.9. The van der Waals surface area contributed by atoms with Crippen LogP contribution >= 0.6 is 0 Å². The third-order valence-electron chi connectivity index (χ3n) is 2.14. The summed E-state index contributed by atoms with van der Waals surface area (Å²) in [6, 6.07) is 6.00. The Labute approximate surface area is 103 Å². The fourth-order valence-corrected chi connectivity index (χ4v) is 1.59. The van der Waals surface area contributed by atoms with Crippen molar-refractivity contribution in [1.29, 1.82) is 0 Å². The summed E-state index contributed by atoms with van der Waals surface area (Å²) >= 11 is 0. The number of hydrogen-bond acceptors (Lipinski definition) is 3. The zero-order valence-electron chi connectivity index (χ0n) is 10.9. The van der Waals surface area contributed by atoms with Crippen molar-refractivity contribution in [1.82, 2.24) is 0 Å². The van der Waals surface area contributed by atoms with Crippen molar-refractivity contribution in [3.05, 3.63) is 29.3 Å². The molecule has 0 fully saturated rings. The van der Waals surface area contributed by atoms with Gasteiger partial charge in [-0.25, -0.2) is 0 Å². The van der Waals surface area contributed by atoms with E-state index in [2.05, 4.69) is 6.07 Å². The van der Waals surface area contributed by atoms with E-state index in [9.17, 15) is 4.79 Å². The number of carbonyl (C=O) groups is 1. The maximum absolute atomic E-state index is 11.3. The highest BCUT2D eigenvalue weighted by Crippen LogP contribution is 2.16. The molecular weight excluding hydrogens is 216 g/mol. The number of rotatable bonds is 5. The summed E-state index contributed by atoms with van der Waals surface area (Å²) in [5.74, 6) is 0.587. The molecule has 0 bridgehead atoms. The van der Waals surface area contributed by atoms with E-state index in [1.165, 1.54) is 0 Å². The van der Waals surface area contributed by atoms with Crippen molar-refractivity contribution < 1.29 is 14.3 Å². The lowest BCUT2D eigenvalue weighted by molar-refractivity contribution is -0.147. The van der Waals surface area contributed by atoms with Gasteiger partial charge in [-0.1, -0.05) is 6.07 Å². The second-order valence-electron chi connectivity index (χ2n) is 4.46. The molecule has 0 aromatic heterocycles. The van der Waals surface area contributed by atoms with E-state index >= 15 is 0 Å². The van der Waals surface area contributed by atoms with Gasteiger partial charge in [-0.3, -0.25) is 4.79 Å². The van der Waals surface area contributed by atoms with E-state index in [1.54, 1.807) is 0 Å². The van der Waals surface area contributed by atoms with Crippen LogP contribution in [0.1, 0.15) is 31.4 Å². The predicted molar refractivity (Wildman–Crippen MR) is 67.3 cm³/mol. The van der Waals surface area contributed by atoms with Gasteiger partial charge in [0.25, 0.3) is 0 Å². The van der Waals surface area contributed by atoms with Crippen molar-refractivity contribution in [2.75, 3.05) is 6.61 Å². The van der Waals surface area contributed by atoms with Crippen LogP contribution in [0.15, 0.2) is 18.2 Å². The zero-order chi connectivity index (χ0) is 12.8. The highest BCUT2D eigenvalue weighted by molar-refractivity contribution is 5.69. The van der Waals surface area contributed by atoms with Gasteiger partial charge in [-0.2, -0.15) is 0 Å². The van der Waals surface area contributed by atoms with Gasteiger partial charge in [0, 0.05) is 0 Å². The standard InChI is InChI=1S/C14H20O3/c1-10(2)17-14(15)5-6-16-13-8-11(3)7-12(4)9-13/h7-10H,5-6H2,1-4H3. The van der Waals surface area contributed by atoms with Crippen LogP contribution in [0.4, 0.5) is 0 Å². The molecule has 3 nitrogen and oxygen atoms in total. The molecule has 1 rings (SSSR count). The van der Waals surface area contributed by atoms with Gasteiger partial charge in [0.2, 0.25) is 0 Å². The average Bonchev–Trinajstić information content (AvgIpc) is 2.14. The molecule has 0 aliphatic heterocycles. The second-order valence-corrected chi connectivity index (χ2v) is 4.46. The third-order valence-corrected chi connectivity index (χ3v) is 2.14. The molecule has 0 spiro atoms. The van der Waals surface area contributed by atoms with E-state index in [4.69, 9.17) is 9.47 Å². The molecule has 1 aromatic carbocycles. The van der Waals surface area contributed by atoms with Crippen LogP contribution in [0.25, 0.3) is 0 Å². The van der Waals surface area contributed by atoms with E-state index in [0.717, 1.165) is 16.9 Å². The first-order valence-electron chi connectivity index (χ1n) is 5.88. The molecule has 0 aliphatic carbocycles. The Kier molecular flexibility index (Phi) is 5.01. The Morgan fingerprint density at radius 2 is 1.76 bits per heavy atom. The summed E-state index contributed by atoms with van der Waals surface area (Å²) in [4.78, 5) is 11.3. The first kappa shape index (κ1) is 13.6. The van der Waals surface area contributed by atoms with Crippen LogP contribution in [0.5, 0.6) is 5.75 Å². The number of esters is 1. The normalized spacial score (nSPS) is 10.4. The lowest BCUT2D eigenvalue weighted by Crippen LogP contribution is -2.14. The van der Waals surface area contributed by atoms with Gasteiger partial charge in [-0.15, -0.1) is 0 Å². The molecule has 0 amide bonds. The number of carbonyl (C=O) groups excluding carboxylic acids is 1. The first-order valence-corrected chi connectivity index (χ1v) is 5.88. The van der Waals surface area contributed by atoms with Gasteiger partial charge in [0.1, 0.15) is 5.75 Å². The van der Waals surface area contributed by atoms with Crippen LogP contribution < -0.4 is 4.74 Å². The van der Waals surface area contributed by atoms with Crippen molar-refractivity contribution in [2.24, 2.45) is 0 Å². The van der Waals surface area contributed by atoms with Crippen molar-refractivity contribution in [3.8, 4) is 5.75 Å². The molecule has 0 saturated heterocycles. The van der Waals surface area contributed by atoms with Crippen molar-refractivity contribution in [3.63, 3.8) is 0 Å². The third kappa shape index (κ3) is 5.38. The molecule has 1 aromatic rings. The van der Waals surface area contributed by atoms with E-state index in [0.29, 0.717) is 6.61 Å². The largest absolute Gasteiger partial charge is 0.493 e. The summed E-state index contributed by atoms with van der Waals surface area (Å²) in [6.45, 7) is 8.07. The van der Waals surface area contributed by atoms with Crippen LogP contribution in [0, 0.1) is 13.8 Å². The Hall–Kier alpha value is -1.51. The predicted octanol–water partition coefficient (Wildman–Crippen LogP) is 3.02. The minimum Gasteiger partial charge on any atom is -0.493 e. The molecule has 0 N–H and O–H groups in total. The number of aryl methyl sites for hydroxylation is 2. The molecule has 17 heavy (non-hydrogen) atoms. The Morgan fingerprint density at radius 3 is 2.29 bits per heavy atom. The highest BCUT2D eigenvalue weighted by atomic mass is 16.5. The summed E-state index contributed by atoms with van der Waals surface area (Å²) < 4.78 is 10.5. The second kappa shape index (κ2) is 6.28. The summed E-state index contributed by atoms with van der Waals surface area (Å²) in [7, 11) is 0. The van der Waals surface area contributed by atoms with Crippen LogP contribution in [-0.2, 0) is 9.53 Å². The first-order chi connectivity index (χ1) is 7.97. The van der Waals surface area contributed by atoms with Gasteiger partial charge in [-0.05, 0) is 51.0 Å². The van der Waals surface area contributed by atoms with Gasteiger partial charge >= 0.3 is 5.97 Å². The average molecular weight is 236 g/mol. The molecule has 3 heteroatoms. The fourth-order valence-electron chi connectivity index (χ4n) is 1.59. The van der Waals surface area contributed by atoms with Crippen molar-refractivity contribution >= 4 is 5.97 Å². The smallest absolute Gasteiger partial charge is 0.309 e. The summed E-state index contributed by atoms with van der Waals surface area (Å²) in [5.41, 5.74) is 2.31. The fraction of sp³-hybridized carbons (Fsp3) is 0.500. The minimum absolute atomic E-state index is 0.0660. The SMILES string of the molecule is Cc1cc(C)cc(OCCC(=O)OC(C)C)c1. The van der Waals surface area contributed by atoms with Crippen molar-refractivity contribution in [2.45, 2.75) is 40.2 Å². The van der Waals surface area contributed by atoms with Crippen LogP contribution in [-0.4, -0.2) is 18.7 Å². The maximum Gasteiger partial charge on any atom is 0.309 e. The molecule has 0 atom stereocenters. The number of ether oxygens (including phenoxy) is 2. The molecular formula is C14H20O3. The number of benzene rings is 1. The van der Waals surface area contributed by atoms with Gasteiger partial charge < -0.3 is 9.47 Å². The van der Waals surface area contributed by atoms with E-state index in [1.807, 2.05) is 39.8 Å². The van der Waals surface area contributed by atoms with E-state index in [-0.39, 0.29) is 18.5 Å². The van der Waals surface area contributed by atoms with Crippen LogP contribution in [0.2, 0.25) is 0 Å². The molecule has 0 saturated carbocycles. The van der Waals surface area contributed by atoms with Gasteiger partial charge in [0.15, 0.2) is 0 Å². The number of hydrogen-bond donors (Lipinski definition) is 0. The Balaban J connectivity index is 2.38. The molecule has 0 heterocycles. The summed E-state index contributed by atoms with van der Waals surface area (Å²) in [5, 5.41) is 0. The van der Waals surface area contributed by atoms with E-state index < -0.39 is 0 Å². The Morgan fingerprint density at radius 1 is 1.18 bits per heavy atom. The molecule has 94 valence electrons. The highest BCUT2D eigenvalue weighted by Gasteiger charge is 2.05. The van der Waals surface area contributed by atoms with Gasteiger partial charge in [0.05, 0.1) is 19.1 Å². The molecule has 0 aliphatic rings. The topological polar surface area (TPSA) is 35.5 Å². The lowest BCUT2D eigenvalue weighted by Gasteiger charge is -2.10. The summed E-state index contributed by atoms with van der Waals surface area (Å²) in [6.07, 6.45) is 0.217. The minimum atomic E-state index is -0.218. The quantitative estimate of drug-likeness (QED) is 0.737. The molecule has 0 radical (unpaired) electrons.